The molecule has 0 aromatic carbocycles. The summed E-state index contributed by atoms with van der Waals surface area (Å²) in [6.45, 7) is 2.57. The van der Waals surface area contributed by atoms with Gasteiger partial charge in [0.25, 0.3) is 0 Å². The van der Waals surface area contributed by atoms with Gasteiger partial charge >= 0.3 is 0 Å². The minimum Gasteiger partial charge on any atom is -0.344 e. The molecular formula is C12H15BrN2O2S. The number of nitrogens with zero attached hydrogens (tertiary/aromatic N) is 1. The Morgan fingerprint density at radius 3 is 2.83 bits per heavy atom. The van der Waals surface area contributed by atoms with E-state index in [0.29, 0.717) is 13.0 Å². The van der Waals surface area contributed by atoms with Gasteiger partial charge < -0.3 is 10.2 Å². The number of amides is 2. The van der Waals surface area contributed by atoms with Crippen LogP contribution in [0, 0.1) is 0 Å². The summed E-state index contributed by atoms with van der Waals surface area (Å²) in [4.78, 5) is 26.4. The molecule has 6 heteroatoms. The van der Waals surface area contributed by atoms with E-state index in [1.807, 2.05) is 19.1 Å². The third-order valence-corrected chi connectivity index (χ3v) is 4.96. The Balaban J connectivity index is 1.98. The summed E-state index contributed by atoms with van der Waals surface area (Å²) in [6, 6.07) is 3.51. The molecule has 2 atom stereocenters. The molecule has 1 aliphatic rings. The Morgan fingerprint density at radius 2 is 2.33 bits per heavy atom. The number of hydrogen-bond acceptors (Lipinski definition) is 3. The molecule has 0 saturated carbocycles. The normalized spacial score (nSPS) is 21.2. The molecule has 1 fully saturated rings. The predicted octanol–water partition coefficient (Wildman–Crippen LogP) is 1.96. The fourth-order valence-corrected chi connectivity index (χ4v) is 3.42. The van der Waals surface area contributed by atoms with Crippen LogP contribution in [-0.4, -0.2) is 36.3 Å². The van der Waals surface area contributed by atoms with Gasteiger partial charge in [-0.25, -0.2) is 0 Å². The Kier molecular flexibility index (Phi) is 4.07. The van der Waals surface area contributed by atoms with Gasteiger partial charge in [-0.1, -0.05) is 0 Å². The summed E-state index contributed by atoms with van der Waals surface area (Å²) in [5.74, 6) is -0.305. The molecule has 2 heterocycles. The monoisotopic (exact) mass is 330 g/mol. The zero-order valence-electron chi connectivity index (χ0n) is 10.3. The molecule has 0 spiro atoms. The smallest absolute Gasteiger partial charge is 0.244 e. The number of rotatable bonds is 3. The second-order valence-electron chi connectivity index (χ2n) is 4.47. The number of halogens is 1. The molecule has 2 amide bonds. The first-order valence-corrected chi connectivity index (χ1v) is 7.40. The van der Waals surface area contributed by atoms with E-state index in [4.69, 9.17) is 0 Å². The van der Waals surface area contributed by atoms with Crippen molar-refractivity contribution in [1.82, 2.24) is 10.2 Å². The van der Waals surface area contributed by atoms with E-state index in [-0.39, 0.29) is 23.8 Å². The number of carbonyl (C=O) groups is 2. The average molecular weight is 331 g/mol. The van der Waals surface area contributed by atoms with E-state index >= 15 is 0 Å². The molecule has 0 aliphatic carbocycles. The fraction of sp³-hybridized carbons (Fsp3) is 0.500. The maximum absolute atomic E-state index is 12.1. The Morgan fingerprint density at radius 1 is 1.61 bits per heavy atom. The zero-order valence-corrected chi connectivity index (χ0v) is 12.7. The molecular weight excluding hydrogens is 316 g/mol. The number of thiophene rings is 1. The van der Waals surface area contributed by atoms with Crippen molar-refractivity contribution in [3.05, 3.63) is 20.8 Å². The first kappa shape index (κ1) is 13.5. The summed E-state index contributed by atoms with van der Waals surface area (Å²) >= 11 is 4.93. The van der Waals surface area contributed by atoms with E-state index in [1.54, 1.807) is 23.3 Å². The largest absolute Gasteiger partial charge is 0.344 e. The van der Waals surface area contributed by atoms with Gasteiger partial charge in [0, 0.05) is 18.5 Å². The van der Waals surface area contributed by atoms with E-state index in [2.05, 4.69) is 21.2 Å². The van der Waals surface area contributed by atoms with Crippen molar-refractivity contribution >= 4 is 39.1 Å². The van der Waals surface area contributed by atoms with Crippen molar-refractivity contribution in [3.63, 3.8) is 0 Å². The van der Waals surface area contributed by atoms with Crippen molar-refractivity contribution in [2.75, 3.05) is 13.6 Å². The van der Waals surface area contributed by atoms with Crippen molar-refractivity contribution in [2.45, 2.75) is 25.3 Å². The molecule has 2 rings (SSSR count). The van der Waals surface area contributed by atoms with Crippen LogP contribution in [0.3, 0.4) is 0 Å². The number of likely N-dealkylation sites (tertiary alicyclic amines) is 1. The standard InChI is InChI=1S/C12H15BrN2O2S/c1-7(9-3-4-10(13)18-9)11(16)14-8-5-6-15(2)12(8)17/h3-4,7-8H,5-6H2,1-2H3,(H,14,16)/t7-,8+/m0/s1. The molecule has 1 aromatic heterocycles. The topological polar surface area (TPSA) is 49.4 Å². The van der Waals surface area contributed by atoms with Gasteiger partial charge in [-0.3, -0.25) is 9.59 Å². The summed E-state index contributed by atoms with van der Waals surface area (Å²) < 4.78 is 1.01. The van der Waals surface area contributed by atoms with Crippen molar-refractivity contribution in [1.29, 1.82) is 0 Å². The minimum atomic E-state index is -0.353. The second-order valence-corrected chi connectivity index (χ2v) is 6.97. The van der Waals surface area contributed by atoms with Crippen molar-refractivity contribution in [2.24, 2.45) is 0 Å². The lowest BCUT2D eigenvalue weighted by atomic mass is 10.1. The molecule has 98 valence electrons. The van der Waals surface area contributed by atoms with Gasteiger partial charge in [-0.15, -0.1) is 11.3 Å². The van der Waals surface area contributed by atoms with E-state index < -0.39 is 0 Å². The third kappa shape index (κ3) is 2.75. The van der Waals surface area contributed by atoms with Gasteiger partial charge in [0.1, 0.15) is 6.04 Å². The maximum Gasteiger partial charge on any atom is 0.244 e. The first-order chi connectivity index (χ1) is 8.49. The average Bonchev–Trinajstić information content (AvgIpc) is 2.89. The van der Waals surface area contributed by atoms with Crippen molar-refractivity contribution < 1.29 is 9.59 Å². The van der Waals surface area contributed by atoms with Gasteiger partial charge in [-0.2, -0.15) is 0 Å². The van der Waals surface area contributed by atoms with Crippen LogP contribution < -0.4 is 5.32 Å². The molecule has 1 aliphatic heterocycles. The number of carbonyl (C=O) groups excluding carboxylic acids is 2. The molecule has 1 aromatic rings. The maximum atomic E-state index is 12.1. The summed E-state index contributed by atoms with van der Waals surface area (Å²) in [6.07, 6.45) is 0.696. The van der Waals surface area contributed by atoms with Gasteiger partial charge in [0.15, 0.2) is 0 Å². The quantitative estimate of drug-likeness (QED) is 0.921. The Labute approximate surface area is 118 Å². The predicted molar refractivity (Wildman–Crippen MR) is 74.6 cm³/mol. The number of likely N-dealkylation sites (N-methyl/N-ethyl adjacent to an activating group) is 1. The van der Waals surface area contributed by atoms with Crippen LogP contribution in [0.15, 0.2) is 15.9 Å². The lowest BCUT2D eigenvalue weighted by molar-refractivity contribution is -0.132. The van der Waals surface area contributed by atoms with Crippen LogP contribution >= 0.6 is 27.3 Å². The Hall–Kier alpha value is -0.880. The van der Waals surface area contributed by atoms with Gasteiger partial charge in [0.2, 0.25) is 11.8 Å². The second kappa shape index (κ2) is 5.40. The SMILES string of the molecule is C[C@H](C(=O)N[C@@H]1CCN(C)C1=O)c1ccc(Br)s1. The lowest BCUT2D eigenvalue weighted by Gasteiger charge is -2.15. The van der Waals surface area contributed by atoms with Crippen molar-refractivity contribution in [3.8, 4) is 0 Å². The van der Waals surface area contributed by atoms with Gasteiger partial charge in [0.05, 0.1) is 9.70 Å². The number of nitrogens with one attached hydrogen (secondary N) is 1. The highest BCUT2D eigenvalue weighted by Crippen LogP contribution is 2.28. The molecule has 0 unspecified atom stereocenters. The van der Waals surface area contributed by atoms with E-state index in [0.717, 1.165) is 8.66 Å². The highest BCUT2D eigenvalue weighted by molar-refractivity contribution is 9.11. The van der Waals surface area contributed by atoms with E-state index in [9.17, 15) is 9.59 Å². The molecule has 0 radical (unpaired) electrons. The number of hydrogen-bond donors (Lipinski definition) is 1. The Bertz CT molecular complexity index is 474. The highest BCUT2D eigenvalue weighted by Gasteiger charge is 2.31. The summed E-state index contributed by atoms with van der Waals surface area (Å²) in [5, 5.41) is 2.83. The lowest BCUT2D eigenvalue weighted by Crippen LogP contribution is -2.42. The van der Waals surface area contributed by atoms with Crippen LogP contribution in [0.1, 0.15) is 24.1 Å². The summed E-state index contributed by atoms with van der Waals surface area (Å²) in [7, 11) is 1.76. The molecule has 18 heavy (non-hydrogen) atoms. The van der Waals surface area contributed by atoms with Crippen LogP contribution in [0.5, 0.6) is 0 Å². The summed E-state index contributed by atoms with van der Waals surface area (Å²) in [5.41, 5.74) is 0. The van der Waals surface area contributed by atoms with Gasteiger partial charge in [-0.05, 0) is 41.4 Å². The van der Waals surface area contributed by atoms with Crippen LogP contribution in [0.2, 0.25) is 0 Å². The molecule has 0 bridgehead atoms. The van der Waals surface area contributed by atoms with Crippen LogP contribution in [0.25, 0.3) is 0 Å². The molecule has 4 nitrogen and oxygen atoms in total. The highest BCUT2D eigenvalue weighted by atomic mass is 79.9. The van der Waals surface area contributed by atoms with Crippen LogP contribution in [-0.2, 0) is 9.59 Å². The third-order valence-electron chi connectivity index (χ3n) is 3.16. The molecule has 1 N–H and O–H groups in total. The minimum absolute atomic E-state index is 0.00269. The molecule has 1 saturated heterocycles. The van der Waals surface area contributed by atoms with E-state index in [1.165, 1.54) is 0 Å². The fourth-order valence-electron chi connectivity index (χ4n) is 1.94. The first-order valence-electron chi connectivity index (χ1n) is 5.79. The zero-order chi connectivity index (χ0) is 13.3. The van der Waals surface area contributed by atoms with Crippen LogP contribution in [0.4, 0.5) is 0 Å².